The Morgan fingerprint density at radius 1 is 0.388 bits per heavy atom. The number of thiophene rings is 1. The molecule has 2 aromatic heterocycles. The highest BCUT2D eigenvalue weighted by Gasteiger charge is 2.19. The first-order valence-corrected chi connectivity index (χ1v) is 17.5. The first-order valence-electron chi connectivity index (χ1n) is 16.7. The highest BCUT2D eigenvalue weighted by Crippen LogP contribution is 2.44. The molecule has 0 spiro atoms. The van der Waals surface area contributed by atoms with Crippen molar-refractivity contribution < 1.29 is 0 Å². The van der Waals surface area contributed by atoms with Gasteiger partial charge in [-0.05, 0) is 76.5 Å². The molecule has 49 heavy (non-hydrogen) atoms. The summed E-state index contributed by atoms with van der Waals surface area (Å²) >= 11 is 1.89. The number of anilines is 3. The normalized spacial score (nSPS) is 11.7. The third-order valence-electron chi connectivity index (χ3n) is 9.75. The lowest BCUT2D eigenvalue weighted by molar-refractivity contribution is 1.18. The van der Waals surface area contributed by atoms with Crippen molar-refractivity contribution in [3.8, 4) is 16.8 Å². The van der Waals surface area contributed by atoms with E-state index in [1.165, 1.54) is 63.9 Å². The van der Waals surface area contributed by atoms with Gasteiger partial charge in [-0.3, -0.25) is 0 Å². The first kappa shape index (κ1) is 27.9. The number of rotatable bonds is 5. The predicted octanol–water partition coefficient (Wildman–Crippen LogP) is 13.4. The molecule has 0 bridgehead atoms. The maximum atomic E-state index is 2.42. The van der Waals surface area contributed by atoms with Crippen LogP contribution in [0.15, 0.2) is 182 Å². The summed E-state index contributed by atoms with van der Waals surface area (Å²) in [5.74, 6) is 0. The molecule has 230 valence electrons. The van der Waals surface area contributed by atoms with Crippen LogP contribution in [0.4, 0.5) is 17.1 Å². The Bertz CT molecular complexity index is 2830. The van der Waals surface area contributed by atoms with Crippen LogP contribution < -0.4 is 4.90 Å². The standard InChI is InChI=1S/C46H30N2S/c1-3-12-31(13-4-1)33-15-11-18-35(28-33)47(37-24-27-41-42-25-22-32-14-7-8-19-38(32)46(42)49-45(41)30-37)36-23-26-40-39-20-9-10-21-43(39)48(44(40)29-36)34-16-5-2-6-17-34/h1-30H. The van der Waals surface area contributed by atoms with Crippen LogP contribution in [0.3, 0.4) is 0 Å². The summed E-state index contributed by atoms with van der Waals surface area (Å²) in [6, 6.07) is 66.2. The number of hydrogen-bond acceptors (Lipinski definition) is 2. The zero-order chi connectivity index (χ0) is 32.3. The van der Waals surface area contributed by atoms with Crippen molar-refractivity contribution in [1.29, 1.82) is 0 Å². The van der Waals surface area contributed by atoms with Crippen molar-refractivity contribution in [3.05, 3.63) is 182 Å². The van der Waals surface area contributed by atoms with Crippen LogP contribution in [-0.4, -0.2) is 4.57 Å². The van der Waals surface area contributed by atoms with Crippen LogP contribution in [0.1, 0.15) is 0 Å². The molecule has 8 aromatic carbocycles. The van der Waals surface area contributed by atoms with Crippen molar-refractivity contribution in [3.63, 3.8) is 0 Å². The van der Waals surface area contributed by atoms with Gasteiger partial charge in [0.05, 0.1) is 11.0 Å². The molecule has 0 amide bonds. The average Bonchev–Trinajstić information content (AvgIpc) is 3.71. The van der Waals surface area contributed by atoms with E-state index in [1.54, 1.807) is 0 Å². The Labute approximate surface area is 288 Å². The number of fused-ring (bicyclic) bond motifs is 8. The smallest absolute Gasteiger partial charge is 0.0561 e. The molecule has 0 N–H and O–H groups in total. The van der Waals surface area contributed by atoms with Crippen molar-refractivity contribution >= 4 is 81.1 Å². The van der Waals surface area contributed by atoms with Crippen molar-refractivity contribution in [2.45, 2.75) is 0 Å². The van der Waals surface area contributed by atoms with Gasteiger partial charge in [0.25, 0.3) is 0 Å². The third-order valence-corrected chi connectivity index (χ3v) is 10.9. The second-order valence-corrected chi connectivity index (χ2v) is 13.6. The molecule has 0 aliphatic rings. The molecule has 2 heterocycles. The monoisotopic (exact) mass is 642 g/mol. The fourth-order valence-corrected chi connectivity index (χ4v) is 8.76. The molecule has 0 atom stereocenters. The van der Waals surface area contributed by atoms with Gasteiger partial charge in [0.2, 0.25) is 0 Å². The van der Waals surface area contributed by atoms with Gasteiger partial charge in [0.15, 0.2) is 0 Å². The van der Waals surface area contributed by atoms with Gasteiger partial charge in [-0.1, -0.05) is 127 Å². The molecule has 0 aliphatic heterocycles. The fourth-order valence-electron chi connectivity index (χ4n) is 7.49. The number of hydrogen-bond donors (Lipinski definition) is 0. The summed E-state index contributed by atoms with van der Waals surface area (Å²) in [4.78, 5) is 2.42. The van der Waals surface area contributed by atoms with Crippen LogP contribution >= 0.6 is 11.3 Å². The molecule has 0 saturated carbocycles. The van der Waals surface area contributed by atoms with Gasteiger partial charge in [-0.25, -0.2) is 0 Å². The Morgan fingerprint density at radius 3 is 1.88 bits per heavy atom. The third kappa shape index (κ3) is 4.55. The van der Waals surface area contributed by atoms with Gasteiger partial charge in [0.1, 0.15) is 0 Å². The van der Waals surface area contributed by atoms with E-state index in [4.69, 9.17) is 0 Å². The average molecular weight is 643 g/mol. The quantitative estimate of drug-likeness (QED) is 0.181. The summed E-state index contributed by atoms with van der Waals surface area (Å²) in [6.45, 7) is 0. The second kappa shape index (κ2) is 11.2. The largest absolute Gasteiger partial charge is 0.310 e. The van der Waals surface area contributed by atoms with E-state index < -0.39 is 0 Å². The van der Waals surface area contributed by atoms with E-state index in [0.717, 1.165) is 22.7 Å². The van der Waals surface area contributed by atoms with Crippen molar-refractivity contribution in [2.75, 3.05) is 4.90 Å². The van der Waals surface area contributed by atoms with E-state index in [9.17, 15) is 0 Å². The van der Waals surface area contributed by atoms with Crippen LogP contribution in [0.5, 0.6) is 0 Å². The van der Waals surface area contributed by atoms with Crippen molar-refractivity contribution in [1.82, 2.24) is 4.57 Å². The first-order chi connectivity index (χ1) is 24.3. The van der Waals surface area contributed by atoms with Gasteiger partial charge in [-0.15, -0.1) is 11.3 Å². The zero-order valence-electron chi connectivity index (χ0n) is 26.6. The highest BCUT2D eigenvalue weighted by atomic mass is 32.1. The lowest BCUT2D eigenvalue weighted by atomic mass is 10.0. The summed E-state index contributed by atoms with van der Waals surface area (Å²) in [5.41, 5.74) is 9.31. The SMILES string of the molecule is c1ccc(-c2cccc(N(c3ccc4c(c3)sc3c5ccccc5ccc43)c3ccc4c5ccccc5n(-c5ccccc5)c4c3)c2)cc1. The topological polar surface area (TPSA) is 8.17 Å². The minimum absolute atomic E-state index is 1.11. The molecule has 0 unspecified atom stereocenters. The molecule has 3 heteroatoms. The van der Waals surface area contributed by atoms with E-state index in [0.29, 0.717) is 0 Å². The zero-order valence-corrected chi connectivity index (χ0v) is 27.4. The van der Waals surface area contributed by atoms with Gasteiger partial charge >= 0.3 is 0 Å². The van der Waals surface area contributed by atoms with Crippen LogP contribution in [0, 0.1) is 0 Å². The Kier molecular flexibility index (Phi) is 6.39. The highest BCUT2D eigenvalue weighted by molar-refractivity contribution is 7.26. The van der Waals surface area contributed by atoms with Gasteiger partial charge in [-0.2, -0.15) is 0 Å². The summed E-state index contributed by atoms with van der Waals surface area (Å²) < 4.78 is 5.02. The molecule has 2 nitrogen and oxygen atoms in total. The minimum Gasteiger partial charge on any atom is -0.310 e. The molecule has 0 radical (unpaired) electrons. The van der Waals surface area contributed by atoms with Crippen LogP contribution in [-0.2, 0) is 0 Å². The number of para-hydroxylation sites is 2. The van der Waals surface area contributed by atoms with Gasteiger partial charge in [0, 0.05) is 53.7 Å². The molecule has 0 saturated heterocycles. The molecular formula is C46H30N2S. The number of benzene rings is 8. The molecule has 0 fully saturated rings. The predicted molar refractivity (Wildman–Crippen MR) is 211 cm³/mol. The Morgan fingerprint density at radius 2 is 1.02 bits per heavy atom. The molecular weight excluding hydrogens is 613 g/mol. The summed E-state index contributed by atoms with van der Waals surface area (Å²) in [7, 11) is 0. The van der Waals surface area contributed by atoms with Gasteiger partial charge < -0.3 is 9.47 Å². The molecule has 0 aliphatic carbocycles. The minimum atomic E-state index is 1.11. The molecule has 10 aromatic rings. The Hall–Kier alpha value is -6.16. The summed E-state index contributed by atoms with van der Waals surface area (Å²) in [5, 5.41) is 7.71. The van der Waals surface area contributed by atoms with Crippen molar-refractivity contribution in [2.24, 2.45) is 0 Å². The van der Waals surface area contributed by atoms with E-state index in [2.05, 4.69) is 191 Å². The lowest BCUT2D eigenvalue weighted by Crippen LogP contribution is -2.10. The lowest BCUT2D eigenvalue weighted by Gasteiger charge is -2.26. The maximum Gasteiger partial charge on any atom is 0.0561 e. The fraction of sp³-hybridized carbons (Fsp3) is 0. The number of aromatic nitrogens is 1. The Balaban J connectivity index is 1.22. The van der Waals surface area contributed by atoms with Crippen LogP contribution in [0.25, 0.3) is 69.6 Å². The second-order valence-electron chi connectivity index (χ2n) is 12.6. The van der Waals surface area contributed by atoms with E-state index in [-0.39, 0.29) is 0 Å². The summed E-state index contributed by atoms with van der Waals surface area (Å²) in [6.07, 6.45) is 0. The number of nitrogens with zero attached hydrogens (tertiary/aromatic N) is 2. The maximum absolute atomic E-state index is 2.42. The van der Waals surface area contributed by atoms with E-state index in [1.807, 2.05) is 11.3 Å². The van der Waals surface area contributed by atoms with E-state index >= 15 is 0 Å². The van der Waals surface area contributed by atoms with Crippen LogP contribution in [0.2, 0.25) is 0 Å². The molecule has 10 rings (SSSR count).